The number of anilines is 2. The van der Waals surface area contributed by atoms with Crippen LogP contribution in [0.25, 0.3) is 17.2 Å². The third kappa shape index (κ3) is 3.53. The second-order valence-electron chi connectivity index (χ2n) is 6.94. The van der Waals surface area contributed by atoms with Gasteiger partial charge in [0.2, 0.25) is 0 Å². The van der Waals surface area contributed by atoms with Crippen LogP contribution in [0.3, 0.4) is 0 Å². The summed E-state index contributed by atoms with van der Waals surface area (Å²) in [4.78, 5) is 13.1. The number of halogens is 1. The van der Waals surface area contributed by atoms with Crippen molar-refractivity contribution < 1.29 is 4.39 Å². The molecule has 1 saturated carbocycles. The molecule has 0 aliphatic heterocycles. The number of hydrogen-bond acceptors (Lipinski definition) is 6. The summed E-state index contributed by atoms with van der Waals surface area (Å²) in [5, 5.41) is 12.3. The van der Waals surface area contributed by atoms with E-state index in [2.05, 4.69) is 26.3 Å². The average molecular weight is 365 g/mol. The van der Waals surface area contributed by atoms with Gasteiger partial charge in [-0.25, -0.2) is 19.3 Å². The summed E-state index contributed by atoms with van der Waals surface area (Å²) in [6.07, 6.45) is 9.17. The number of nitriles is 1. The molecule has 0 spiro atoms. The molecule has 1 fully saturated rings. The van der Waals surface area contributed by atoms with Gasteiger partial charge in [-0.05, 0) is 43.7 Å². The fourth-order valence-corrected chi connectivity index (χ4v) is 3.58. The first-order valence-electron chi connectivity index (χ1n) is 9.03. The number of nitrogens with one attached hydrogen (secondary N) is 1. The van der Waals surface area contributed by atoms with Crippen molar-refractivity contribution in [1.29, 1.82) is 5.26 Å². The van der Waals surface area contributed by atoms with E-state index in [4.69, 9.17) is 11.0 Å². The Balaban J connectivity index is 1.57. The first-order chi connectivity index (χ1) is 13.1. The largest absolute Gasteiger partial charge is 0.394 e. The Morgan fingerprint density at radius 2 is 2.04 bits per heavy atom. The molecule has 0 bridgehead atoms. The minimum atomic E-state index is -0.357. The van der Waals surface area contributed by atoms with Crippen LogP contribution in [-0.2, 0) is 0 Å². The topological polar surface area (TPSA) is 105 Å². The van der Waals surface area contributed by atoms with Gasteiger partial charge in [0.25, 0.3) is 0 Å². The fraction of sp³-hybridized carbons (Fsp3) is 0.368. The molecule has 3 heterocycles. The van der Waals surface area contributed by atoms with Crippen molar-refractivity contribution in [2.45, 2.75) is 38.1 Å². The molecule has 0 aromatic carbocycles. The second kappa shape index (κ2) is 7.19. The minimum absolute atomic E-state index is 0.268. The third-order valence-electron chi connectivity index (χ3n) is 5.08. The molecule has 138 valence electrons. The lowest BCUT2D eigenvalue weighted by Crippen LogP contribution is -2.27. The van der Waals surface area contributed by atoms with Crippen LogP contribution in [0.15, 0.2) is 30.7 Å². The lowest BCUT2D eigenvalue weighted by Gasteiger charge is -2.28. The van der Waals surface area contributed by atoms with Gasteiger partial charge in [-0.2, -0.15) is 5.26 Å². The molecule has 8 heteroatoms. The molecule has 0 radical (unpaired) electrons. The van der Waals surface area contributed by atoms with Gasteiger partial charge in [0.05, 0.1) is 24.2 Å². The lowest BCUT2D eigenvalue weighted by atomic mass is 9.84. The Morgan fingerprint density at radius 3 is 2.81 bits per heavy atom. The molecule has 0 unspecified atom stereocenters. The predicted octanol–water partition coefficient (Wildman–Crippen LogP) is 3.40. The summed E-state index contributed by atoms with van der Waals surface area (Å²) in [5.74, 6) is 1.14. The standard InChI is InChI=1S/C19H20FN7/c20-13-3-6-17-23-10-16(27(17)11-13)19-24-9-15(22)18(26-19)25-14-4-1-12(2-5-14)7-8-21/h3,6,9-12,14H,1-2,4-5,7,22H2,(H,24,25,26). The van der Waals surface area contributed by atoms with E-state index in [1.54, 1.807) is 22.9 Å². The number of nitrogen functional groups attached to an aromatic ring is 1. The average Bonchev–Trinajstić information content (AvgIpc) is 3.08. The zero-order valence-corrected chi connectivity index (χ0v) is 14.8. The highest BCUT2D eigenvalue weighted by molar-refractivity contribution is 5.65. The van der Waals surface area contributed by atoms with Gasteiger partial charge < -0.3 is 11.1 Å². The molecule has 1 aliphatic carbocycles. The summed E-state index contributed by atoms with van der Waals surface area (Å²) >= 11 is 0. The SMILES string of the molecule is N#CCC1CCC(Nc2nc(-c3cnc4ccc(F)cn34)ncc2N)CC1. The summed E-state index contributed by atoms with van der Waals surface area (Å²) in [5.41, 5.74) is 7.75. The maximum Gasteiger partial charge on any atom is 0.180 e. The Morgan fingerprint density at radius 1 is 1.22 bits per heavy atom. The number of nitrogens with zero attached hydrogens (tertiary/aromatic N) is 5. The van der Waals surface area contributed by atoms with E-state index in [0.717, 1.165) is 25.7 Å². The number of aromatic nitrogens is 4. The van der Waals surface area contributed by atoms with Gasteiger partial charge in [0, 0.05) is 18.7 Å². The molecular formula is C19H20FN7. The van der Waals surface area contributed by atoms with E-state index >= 15 is 0 Å². The molecule has 3 aromatic heterocycles. The van der Waals surface area contributed by atoms with Gasteiger partial charge in [0.1, 0.15) is 17.2 Å². The first kappa shape index (κ1) is 17.2. The molecule has 1 aliphatic rings. The van der Waals surface area contributed by atoms with Crippen LogP contribution in [0.2, 0.25) is 0 Å². The van der Waals surface area contributed by atoms with Crippen molar-refractivity contribution in [3.63, 3.8) is 0 Å². The normalized spacial score (nSPS) is 19.7. The van der Waals surface area contributed by atoms with Crippen LogP contribution in [-0.4, -0.2) is 25.4 Å². The van der Waals surface area contributed by atoms with Crippen LogP contribution >= 0.6 is 0 Å². The van der Waals surface area contributed by atoms with Crippen LogP contribution in [0, 0.1) is 23.1 Å². The molecule has 0 atom stereocenters. The highest BCUT2D eigenvalue weighted by Crippen LogP contribution is 2.30. The van der Waals surface area contributed by atoms with Crippen molar-refractivity contribution >= 4 is 17.2 Å². The van der Waals surface area contributed by atoms with Gasteiger partial charge in [-0.15, -0.1) is 0 Å². The van der Waals surface area contributed by atoms with Crippen molar-refractivity contribution in [3.05, 3.63) is 36.5 Å². The van der Waals surface area contributed by atoms with Crippen molar-refractivity contribution in [2.75, 3.05) is 11.1 Å². The number of hydrogen-bond donors (Lipinski definition) is 2. The predicted molar refractivity (Wildman–Crippen MR) is 100 cm³/mol. The van der Waals surface area contributed by atoms with Crippen LogP contribution in [0.5, 0.6) is 0 Å². The minimum Gasteiger partial charge on any atom is -0.394 e. The summed E-state index contributed by atoms with van der Waals surface area (Å²) in [6.45, 7) is 0. The van der Waals surface area contributed by atoms with Gasteiger partial charge in [0.15, 0.2) is 11.6 Å². The van der Waals surface area contributed by atoms with E-state index in [1.165, 1.54) is 12.3 Å². The van der Waals surface area contributed by atoms with E-state index in [9.17, 15) is 4.39 Å². The van der Waals surface area contributed by atoms with E-state index in [1.807, 2.05) is 0 Å². The second-order valence-corrected chi connectivity index (χ2v) is 6.94. The molecule has 7 nitrogen and oxygen atoms in total. The molecule has 3 N–H and O–H groups in total. The third-order valence-corrected chi connectivity index (χ3v) is 5.08. The fourth-order valence-electron chi connectivity index (χ4n) is 3.58. The number of fused-ring (bicyclic) bond motifs is 1. The lowest BCUT2D eigenvalue weighted by molar-refractivity contribution is 0.342. The zero-order chi connectivity index (χ0) is 18.8. The summed E-state index contributed by atoms with van der Waals surface area (Å²) in [6, 6.07) is 5.50. The monoisotopic (exact) mass is 365 g/mol. The van der Waals surface area contributed by atoms with Crippen LogP contribution < -0.4 is 11.1 Å². The molecule has 4 rings (SSSR count). The highest BCUT2D eigenvalue weighted by atomic mass is 19.1. The highest BCUT2D eigenvalue weighted by Gasteiger charge is 2.22. The van der Waals surface area contributed by atoms with Gasteiger partial charge in [-0.1, -0.05) is 0 Å². The number of imidazole rings is 1. The Kier molecular flexibility index (Phi) is 4.59. The van der Waals surface area contributed by atoms with E-state index in [0.29, 0.717) is 41.0 Å². The number of nitrogens with two attached hydrogens (primary N) is 1. The van der Waals surface area contributed by atoms with Crippen molar-refractivity contribution in [1.82, 2.24) is 19.4 Å². The Hall–Kier alpha value is -3.21. The number of pyridine rings is 1. The Bertz CT molecular complexity index is 999. The first-order valence-corrected chi connectivity index (χ1v) is 9.03. The number of rotatable bonds is 4. The van der Waals surface area contributed by atoms with Crippen molar-refractivity contribution in [3.8, 4) is 17.6 Å². The summed E-state index contributed by atoms with van der Waals surface area (Å²) < 4.78 is 15.2. The molecular weight excluding hydrogens is 345 g/mol. The molecule has 3 aromatic rings. The molecule has 0 saturated heterocycles. The van der Waals surface area contributed by atoms with Gasteiger partial charge >= 0.3 is 0 Å². The molecule has 27 heavy (non-hydrogen) atoms. The zero-order valence-electron chi connectivity index (χ0n) is 14.8. The Labute approximate surface area is 156 Å². The van der Waals surface area contributed by atoms with Crippen LogP contribution in [0.1, 0.15) is 32.1 Å². The summed E-state index contributed by atoms with van der Waals surface area (Å²) in [7, 11) is 0. The van der Waals surface area contributed by atoms with E-state index < -0.39 is 0 Å². The maximum atomic E-state index is 13.6. The quantitative estimate of drug-likeness (QED) is 0.734. The van der Waals surface area contributed by atoms with Gasteiger partial charge in [-0.3, -0.25) is 4.40 Å². The van der Waals surface area contributed by atoms with Crippen molar-refractivity contribution in [2.24, 2.45) is 5.92 Å². The molecule has 0 amide bonds. The van der Waals surface area contributed by atoms with E-state index in [-0.39, 0.29) is 11.9 Å². The van der Waals surface area contributed by atoms with Crippen LogP contribution in [0.4, 0.5) is 15.9 Å². The smallest absolute Gasteiger partial charge is 0.180 e. The maximum absolute atomic E-state index is 13.6.